The lowest BCUT2D eigenvalue weighted by Crippen LogP contribution is -2.12. The number of hydrogen-bond donors (Lipinski definition) is 0. The molecule has 1 atom stereocenters. The fourth-order valence-electron chi connectivity index (χ4n) is 0.953. The summed E-state index contributed by atoms with van der Waals surface area (Å²) < 4.78 is 5.46. The van der Waals surface area contributed by atoms with Gasteiger partial charge in [0.1, 0.15) is 0 Å². The summed E-state index contributed by atoms with van der Waals surface area (Å²) in [6.45, 7) is 6.34. The van der Waals surface area contributed by atoms with Crippen LogP contribution in [0.15, 0.2) is 0 Å². The van der Waals surface area contributed by atoms with Gasteiger partial charge < -0.3 is 4.74 Å². The van der Waals surface area contributed by atoms with Crippen molar-refractivity contribution in [3.63, 3.8) is 0 Å². The van der Waals surface area contributed by atoms with E-state index in [0.29, 0.717) is 6.10 Å². The molecule has 1 nitrogen and oxygen atoms in total. The summed E-state index contributed by atoms with van der Waals surface area (Å²) in [5, 5.41) is 0.772. The van der Waals surface area contributed by atoms with Crippen molar-refractivity contribution >= 4 is 17.3 Å². The van der Waals surface area contributed by atoms with Gasteiger partial charge in [0.2, 0.25) is 0 Å². The van der Waals surface area contributed by atoms with E-state index in [4.69, 9.17) is 17.0 Å². The summed E-state index contributed by atoms with van der Waals surface area (Å²) in [6.07, 6.45) is 4.57. The Bertz CT molecular complexity index is 112. The van der Waals surface area contributed by atoms with Gasteiger partial charge in [-0.15, -0.1) is 0 Å². The van der Waals surface area contributed by atoms with Crippen molar-refractivity contribution in [2.45, 2.75) is 52.6 Å². The Morgan fingerprint density at radius 2 is 2.00 bits per heavy atom. The Labute approximate surface area is 75.1 Å². The molecule has 0 saturated heterocycles. The molecule has 0 aliphatic heterocycles. The van der Waals surface area contributed by atoms with E-state index < -0.39 is 0 Å². The third-order valence-corrected chi connectivity index (χ3v) is 1.78. The van der Waals surface area contributed by atoms with Crippen LogP contribution in [0.3, 0.4) is 0 Å². The van der Waals surface area contributed by atoms with Crippen molar-refractivity contribution in [1.82, 2.24) is 0 Å². The first kappa shape index (κ1) is 10.9. The quantitative estimate of drug-likeness (QED) is 0.591. The summed E-state index contributed by atoms with van der Waals surface area (Å²) >= 11 is 5.02. The molecular formula is C9H18OS. The van der Waals surface area contributed by atoms with Gasteiger partial charge in [0.05, 0.1) is 6.10 Å². The van der Waals surface area contributed by atoms with Crippen LogP contribution in [0.1, 0.15) is 46.5 Å². The number of hydrogen-bond acceptors (Lipinski definition) is 2. The maximum atomic E-state index is 5.46. The van der Waals surface area contributed by atoms with Gasteiger partial charge in [-0.25, -0.2) is 0 Å². The van der Waals surface area contributed by atoms with Crippen LogP contribution in [0.2, 0.25) is 0 Å². The molecule has 0 amide bonds. The SMILES string of the molecule is CCCC(=S)OC(C)CCC. The lowest BCUT2D eigenvalue weighted by molar-refractivity contribution is 0.197. The predicted molar refractivity (Wildman–Crippen MR) is 53.0 cm³/mol. The summed E-state index contributed by atoms with van der Waals surface area (Å²) in [5.74, 6) is 0. The standard InChI is InChI=1S/C9H18OS/c1-4-6-8(3)10-9(11)7-5-2/h8H,4-7H2,1-3H3. The first-order chi connectivity index (χ1) is 5.20. The Balaban J connectivity index is 3.40. The highest BCUT2D eigenvalue weighted by molar-refractivity contribution is 7.80. The fraction of sp³-hybridized carbons (Fsp3) is 0.889. The zero-order valence-electron chi connectivity index (χ0n) is 7.72. The first-order valence-electron chi connectivity index (χ1n) is 4.40. The van der Waals surface area contributed by atoms with Gasteiger partial charge in [-0.2, -0.15) is 0 Å². The van der Waals surface area contributed by atoms with Gasteiger partial charge in [-0.05, 0) is 32.0 Å². The van der Waals surface area contributed by atoms with Crippen LogP contribution in [0, 0.1) is 0 Å². The molecule has 0 saturated carbocycles. The van der Waals surface area contributed by atoms with E-state index in [-0.39, 0.29) is 0 Å². The van der Waals surface area contributed by atoms with E-state index >= 15 is 0 Å². The average Bonchev–Trinajstić information content (AvgIpc) is 1.87. The van der Waals surface area contributed by atoms with Gasteiger partial charge in [-0.1, -0.05) is 20.3 Å². The minimum absolute atomic E-state index is 0.305. The van der Waals surface area contributed by atoms with Crippen molar-refractivity contribution < 1.29 is 4.74 Å². The predicted octanol–water partition coefficient (Wildman–Crippen LogP) is 3.32. The molecule has 0 spiro atoms. The highest BCUT2D eigenvalue weighted by Gasteiger charge is 2.03. The largest absolute Gasteiger partial charge is 0.484 e. The first-order valence-corrected chi connectivity index (χ1v) is 4.81. The zero-order chi connectivity index (χ0) is 8.69. The monoisotopic (exact) mass is 174 g/mol. The van der Waals surface area contributed by atoms with Crippen LogP contribution < -0.4 is 0 Å². The summed E-state index contributed by atoms with van der Waals surface area (Å²) in [6, 6.07) is 0. The second-order valence-electron chi connectivity index (χ2n) is 2.84. The third kappa shape index (κ3) is 6.29. The second-order valence-corrected chi connectivity index (χ2v) is 3.29. The average molecular weight is 174 g/mol. The minimum Gasteiger partial charge on any atom is -0.484 e. The molecule has 0 heterocycles. The molecule has 0 aromatic carbocycles. The molecule has 0 aromatic heterocycles. The van der Waals surface area contributed by atoms with Crippen LogP contribution in [-0.2, 0) is 4.74 Å². The van der Waals surface area contributed by atoms with Crippen LogP contribution in [-0.4, -0.2) is 11.2 Å². The molecule has 0 radical (unpaired) electrons. The Morgan fingerprint density at radius 1 is 1.36 bits per heavy atom. The molecule has 2 heteroatoms. The van der Waals surface area contributed by atoms with Gasteiger partial charge in [0.25, 0.3) is 0 Å². The van der Waals surface area contributed by atoms with Gasteiger partial charge in [-0.3, -0.25) is 0 Å². The highest BCUT2D eigenvalue weighted by atomic mass is 32.1. The summed E-state index contributed by atoms with van der Waals surface area (Å²) in [4.78, 5) is 0. The molecule has 0 aromatic rings. The molecule has 0 bridgehead atoms. The smallest absolute Gasteiger partial charge is 0.160 e. The van der Waals surface area contributed by atoms with E-state index in [1.807, 2.05) is 0 Å². The fourth-order valence-corrected chi connectivity index (χ4v) is 1.32. The molecule has 0 rings (SSSR count). The maximum absolute atomic E-state index is 5.46. The lowest BCUT2D eigenvalue weighted by atomic mass is 10.2. The summed E-state index contributed by atoms with van der Waals surface area (Å²) in [5.41, 5.74) is 0. The van der Waals surface area contributed by atoms with Crippen LogP contribution >= 0.6 is 12.2 Å². The van der Waals surface area contributed by atoms with E-state index in [1.54, 1.807) is 0 Å². The second kappa shape index (κ2) is 6.59. The highest BCUT2D eigenvalue weighted by Crippen LogP contribution is 2.04. The topological polar surface area (TPSA) is 9.23 Å². The van der Waals surface area contributed by atoms with Gasteiger partial charge in [0, 0.05) is 6.42 Å². The van der Waals surface area contributed by atoms with E-state index in [1.165, 1.54) is 0 Å². The molecule has 0 aliphatic rings. The maximum Gasteiger partial charge on any atom is 0.160 e. The van der Waals surface area contributed by atoms with Crippen molar-refractivity contribution in [2.75, 3.05) is 0 Å². The molecule has 0 aliphatic carbocycles. The number of ether oxygens (including phenoxy) is 1. The number of thiocarbonyl (C=S) groups is 1. The molecule has 66 valence electrons. The third-order valence-electron chi connectivity index (χ3n) is 1.48. The van der Waals surface area contributed by atoms with E-state index in [2.05, 4.69) is 20.8 Å². The summed E-state index contributed by atoms with van der Waals surface area (Å²) in [7, 11) is 0. The van der Waals surface area contributed by atoms with E-state index in [9.17, 15) is 0 Å². The van der Waals surface area contributed by atoms with Crippen LogP contribution in [0.5, 0.6) is 0 Å². The van der Waals surface area contributed by atoms with Gasteiger partial charge >= 0.3 is 0 Å². The van der Waals surface area contributed by atoms with Gasteiger partial charge in [0.15, 0.2) is 5.05 Å². The normalized spacial score (nSPS) is 12.6. The Kier molecular flexibility index (Phi) is 6.52. The molecular weight excluding hydrogens is 156 g/mol. The molecule has 0 fully saturated rings. The Morgan fingerprint density at radius 3 is 2.45 bits per heavy atom. The van der Waals surface area contributed by atoms with Crippen molar-refractivity contribution in [3.8, 4) is 0 Å². The van der Waals surface area contributed by atoms with Crippen LogP contribution in [0.25, 0.3) is 0 Å². The van der Waals surface area contributed by atoms with E-state index in [0.717, 1.165) is 30.7 Å². The van der Waals surface area contributed by atoms with Crippen molar-refractivity contribution in [2.24, 2.45) is 0 Å². The molecule has 11 heavy (non-hydrogen) atoms. The Hall–Kier alpha value is -0.110. The minimum atomic E-state index is 0.305. The van der Waals surface area contributed by atoms with Crippen molar-refractivity contribution in [3.05, 3.63) is 0 Å². The molecule has 0 N–H and O–H groups in total. The van der Waals surface area contributed by atoms with Crippen molar-refractivity contribution in [1.29, 1.82) is 0 Å². The zero-order valence-corrected chi connectivity index (χ0v) is 8.54. The lowest BCUT2D eigenvalue weighted by Gasteiger charge is -2.13. The van der Waals surface area contributed by atoms with Crippen LogP contribution in [0.4, 0.5) is 0 Å². The molecule has 1 unspecified atom stereocenters. The number of rotatable bonds is 5.